The first kappa shape index (κ1) is 10.5. The normalized spacial score (nSPS) is 19.5. The van der Waals surface area contributed by atoms with Crippen molar-refractivity contribution in [2.45, 2.75) is 6.10 Å². The molecule has 0 bridgehead atoms. The van der Waals surface area contributed by atoms with Gasteiger partial charge in [0.05, 0.1) is 6.54 Å². The molecular formula is C10H11IN2O2. The second kappa shape index (κ2) is 4.69. The molecule has 1 aromatic carbocycles. The Morgan fingerprint density at radius 3 is 3.13 bits per heavy atom. The van der Waals surface area contributed by atoms with Crippen LogP contribution in [-0.4, -0.2) is 25.3 Å². The summed E-state index contributed by atoms with van der Waals surface area (Å²) in [6.07, 6.45) is -0.0529. The molecule has 1 aliphatic rings. The van der Waals surface area contributed by atoms with Gasteiger partial charge >= 0.3 is 0 Å². The monoisotopic (exact) mass is 318 g/mol. The lowest BCUT2D eigenvalue weighted by molar-refractivity contribution is 0.141. The van der Waals surface area contributed by atoms with Crippen LogP contribution in [0.1, 0.15) is 0 Å². The summed E-state index contributed by atoms with van der Waals surface area (Å²) >= 11 is 2.24. The molecule has 2 N–H and O–H groups in total. The van der Waals surface area contributed by atoms with E-state index in [-0.39, 0.29) is 12.1 Å². The minimum absolute atomic E-state index is 0.0529. The molecule has 0 radical (unpaired) electrons. The van der Waals surface area contributed by atoms with Crippen LogP contribution in [0, 0.1) is 3.57 Å². The Hall–Kier alpha value is -0.980. The topological polar surface area (TPSA) is 56.8 Å². The number of benzene rings is 1. The summed E-state index contributed by atoms with van der Waals surface area (Å²) in [5.41, 5.74) is 5.39. The summed E-state index contributed by atoms with van der Waals surface area (Å²) in [6, 6.07) is 8.12. The molecule has 1 aliphatic heterocycles. The average molecular weight is 318 g/mol. The van der Waals surface area contributed by atoms with E-state index in [1.165, 1.54) is 0 Å². The van der Waals surface area contributed by atoms with Crippen LogP contribution in [0.15, 0.2) is 29.3 Å². The number of amidine groups is 1. The summed E-state index contributed by atoms with van der Waals surface area (Å²) in [5.74, 6) is 0.843. The number of ether oxygens (including phenoxy) is 2. The zero-order valence-corrected chi connectivity index (χ0v) is 10.2. The highest BCUT2D eigenvalue weighted by Crippen LogP contribution is 2.15. The van der Waals surface area contributed by atoms with Crippen LogP contribution in [-0.2, 0) is 4.74 Å². The van der Waals surface area contributed by atoms with Crippen LogP contribution < -0.4 is 10.5 Å². The minimum Gasteiger partial charge on any atom is -0.490 e. The van der Waals surface area contributed by atoms with Crippen molar-refractivity contribution in [1.29, 1.82) is 0 Å². The van der Waals surface area contributed by atoms with Crippen molar-refractivity contribution in [3.63, 3.8) is 0 Å². The molecule has 1 heterocycles. The van der Waals surface area contributed by atoms with E-state index in [4.69, 9.17) is 15.2 Å². The maximum Gasteiger partial charge on any atom is 0.282 e. The Morgan fingerprint density at radius 1 is 1.60 bits per heavy atom. The molecule has 0 saturated heterocycles. The highest BCUT2D eigenvalue weighted by molar-refractivity contribution is 14.1. The van der Waals surface area contributed by atoms with Gasteiger partial charge in [0.25, 0.3) is 6.02 Å². The number of hydrogen-bond acceptors (Lipinski definition) is 4. The van der Waals surface area contributed by atoms with Crippen LogP contribution in [0.2, 0.25) is 0 Å². The Kier molecular flexibility index (Phi) is 3.30. The molecule has 0 aliphatic carbocycles. The first-order chi connectivity index (χ1) is 7.24. The summed E-state index contributed by atoms with van der Waals surface area (Å²) in [4.78, 5) is 3.94. The number of nitrogens with two attached hydrogens (primary N) is 1. The Morgan fingerprint density at radius 2 is 2.47 bits per heavy atom. The van der Waals surface area contributed by atoms with Gasteiger partial charge in [-0.25, -0.2) is 4.99 Å². The van der Waals surface area contributed by atoms with Gasteiger partial charge in [-0.1, -0.05) is 6.07 Å². The van der Waals surface area contributed by atoms with Gasteiger partial charge in [-0.2, -0.15) is 0 Å². The molecular weight excluding hydrogens is 307 g/mol. The fraction of sp³-hybridized carbons (Fsp3) is 0.300. The Balaban J connectivity index is 1.84. The van der Waals surface area contributed by atoms with Crippen molar-refractivity contribution in [3.8, 4) is 5.75 Å². The zero-order chi connectivity index (χ0) is 10.7. The molecule has 0 amide bonds. The standard InChI is InChI=1S/C10H11IN2O2/c11-7-2-1-3-8(4-7)14-6-9-5-13-10(12)15-9/h1-4,9H,5-6H2,(H2,12,13). The van der Waals surface area contributed by atoms with Gasteiger partial charge < -0.3 is 15.2 Å². The molecule has 80 valence electrons. The molecule has 2 rings (SSSR count). The Bertz CT molecular complexity index is 381. The van der Waals surface area contributed by atoms with E-state index in [1.807, 2.05) is 24.3 Å². The molecule has 1 atom stereocenters. The molecule has 5 heteroatoms. The predicted octanol–water partition coefficient (Wildman–Crippen LogP) is 1.38. The molecule has 15 heavy (non-hydrogen) atoms. The molecule has 0 saturated carbocycles. The van der Waals surface area contributed by atoms with E-state index in [9.17, 15) is 0 Å². The molecule has 4 nitrogen and oxygen atoms in total. The lowest BCUT2D eigenvalue weighted by Gasteiger charge is -2.11. The van der Waals surface area contributed by atoms with Crippen LogP contribution in [0.3, 0.4) is 0 Å². The van der Waals surface area contributed by atoms with Crippen molar-refractivity contribution in [2.75, 3.05) is 13.2 Å². The first-order valence-corrected chi connectivity index (χ1v) is 5.67. The highest BCUT2D eigenvalue weighted by Gasteiger charge is 2.17. The van der Waals surface area contributed by atoms with Gasteiger partial charge in [0, 0.05) is 3.57 Å². The van der Waals surface area contributed by atoms with Crippen LogP contribution in [0.4, 0.5) is 0 Å². The van der Waals surface area contributed by atoms with E-state index in [0.29, 0.717) is 13.2 Å². The predicted molar refractivity (Wildman–Crippen MR) is 66.0 cm³/mol. The minimum atomic E-state index is -0.0529. The third-order valence-electron chi connectivity index (χ3n) is 1.97. The van der Waals surface area contributed by atoms with Gasteiger partial charge in [0.2, 0.25) is 0 Å². The lowest BCUT2D eigenvalue weighted by Crippen LogP contribution is -2.24. The molecule has 0 aromatic heterocycles. The second-order valence-electron chi connectivity index (χ2n) is 3.19. The number of aliphatic imine (C=N–C) groups is 1. The summed E-state index contributed by atoms with van der Waals surface area (Å²) in [6.45, 7) is 1.06. The molecule has 1 unspecified atom stereocenters. The first-order valence-electron chi connectivity index (χ1n) is 4.59. The highest BCUT2D eigenvalue weighted by atomic mass is 127. The van der Waals surface area contributed by atoms with Crippen molar-refractivity contribution < 1.29 is 9.47 Å². The fourth-order valence-corrected chi connectivity index (χ4v) is 1.78. The molecule has 0 fully saturated rings. The number of rotatable bonds is 3. The third kappa shape index (κ3) is 2.98. The summed E-state index contributed by atoms with van der Waals surface area (Å²) < 4.78 is 11.9. The van der Waals surface area contributed by atoms with Gasteiger partial charge in [-0.05, 0) is 40.8 Å². The lowest BCUT2D eigenvalue weighted by atomic mass is 10.3. The average Bonchev–Trinajstić information content (AvgIpc) is 2.62. The smallest absolute Gasteiger partial charge is 0.282 e. The van der Waals surface area contributed by atoms with E-state index < -0.39 is 0 Å². The summed E-state index contributed by atoms with van der Waals surface area (Å²) in [7, 11) is 0. The van der Waals surface area contributed by atoms with Crippen LogP contribution in [0.25, 0.3) is 0 Å². The van der Waals surface area contributed by atoms with Gasteiger partial charge in [-0.15, -0.1) is 0 Å². The van der Waals surface area contributed by atoms with E-state index in [1.54, 1.807) is 0 Å². The zero-order valence-electron chi connectivity index (χ0n) is 8.02. The van der Waals surface area contributed by atoms with E-state index >= 15 is 0 Å². The maximum atomic E-state index is 5.56. The maximum absolute atomic E-state index is 5.56. The van der Waals surface area contributed by atoms with Gasteiger partial charge in [-0.3, -0.25) is 0 Å². The van der Waals surface area contributed by atoms with Gasteiger partial charge in [0.15, 0.2) is 6.10 Å². The van der Waals surface area contributed by atoms with E-state index in [2.05, 4.69) is 27.6 Å². The van der Waals surface area contributed by atoms with E-state index in [0.717, 1.165) is 9.32 Å². The largest absolute Gasteiger partial charge is 0.490 e. The summed E-state index contributed by atoms with van der Waals surface area (Å²) in [5, 5.41) is 0. The van der Waals surface area contributed by atoms with Crippen molar-refractivity contribution in [3.05, 3.63) is 27.8 Å². The van der Waals surface area contributed by atoms with Crippen LogP contribution >= 0.6 is 22.6 Å². The number of nitrogens with zero attached hydrogens (tertiary/aromatic N) is 1. The van der Waals surface area contributed by atoms with Crippen LogP contribution in [0.5, 0.6) is 5.75 Å². The van der Waals surface area contributed by atoms with Crippen molar-refractivity contribution in [2.24, 2.45) is 10.7 Å². The quantitative estimate of drug-likeness (QED) is 0.857. The fourth-order valence-electron chi connectivity index (χ4n) is 1.27. The Labute approximate surface area is 102 Å². The molecule has 0 spiro atoms. The SMILES string of the molecule is NC1=NCC(COc2cccc(I)c2)O1. The number of halogens is 1. The van der Waals surface area contributed by atoms with Gasteiger partial charge in [0.1, 0.15) is 12.4 Å². The molecule has 1 aromatic rings. The number of hydrogen-bond donors (Lipinski definition) is 1. The van der Waals surface area contributed by atoms with Crippen molar-refractivity contribution >= 4 is 28.6 Å². The third-order valence-corrected chi connectivity index (χ3v) is 2.64. The van der Waals surface area contributed by atoms with Crippen molar-refractivity contribution in [1.82, 2.24) is 0 Å². The second-order valence-corrected chi connectivity index (χ2v) is 4.43.